The summed E-state index contributed by atoms with van der Waals surface area (Å²) in [6, 6.07) is 4.37. The number of ether oxygens (including phenoxy) is 1. The highest BCUT2D eigenvalue weighted by atomic mass is 35.5. The molecule has 0 heterocycles. The Morgan fingerprint density at radius 1 is 1.38 bits per heavy atom. The molecule has 1 rings (SSSR count). The Morgan fingerprint density at radius 3 is 2.52 bits per heavy atom. The van der Waals surface area contributed by atoms with Gasteiger partial charge in [-0.1, -0.05) is 31.5 Å². The predicted octanol–water partition coefficient (Wildman–Crippen LogP) is 2.13. The number of rotatable bonds is 8. The van der Waals surface area contributed by atoms with Gasteiger partial charge in [0.1, 0.15) is 0 Å². The van der Waals surface area contributed by atoms with Gasteiger partial charge < -0.3 is 9.84 Å². The normalized spacial score (nSPS) is 12.3. The molecule has 7 heteroatoms. The molecule has 0 saturated carbocycles. The molecule has 0 amide bonds. The van der Waals surface area contributed by atoms with E-state index in [9.17, 15) is 8.42 Å². The Labute approximate surface area is 131 Å². The van der Waals surface area contributed by atoms with Crippen LogP contribution in [0.2, 0.25) is 5.02 Å². The topological polar surface area (TPSA) is 66.8 Å². The van der Waals surface area contributed by atoms with Gasteiger partial charge in [0.15, 0.2) is 0 Å². The lowest BCUT2D eigenvalue weighted by Gasteiger charge is -2.24. The van der Waals surface area contributed by atoms with Crippen LogP contribution in [0.5, 0.6) is 0 Å². The summed E-state index contributed by atoms with van der Waals surface area (Å²) in [5.41, 5.74) is 0.503. The third-order valence-corrected chi connectivity index (χ3v) is 5.16. The second-order valence-electron chi connectivity index (χ2n) is 5.16. The van der Waals surface area contributed by atoms with Gasteiger partial charge in [0.05, 0.1) is 18.1 Å². The molecule has 0 spiro atoms. The molecule has 0 atom stereocenters. The molecule has 0 fully saturated rings. The van der Waals surface area contributed by atoms with Gasteiger partial charge in [-0.15, -0.1) is 0 Å². The summed E-state index contributed by atoms with van der Waals surface area (Å²) >= 11 is 5.98. The quantitative estimate of drug-likeness (QED) is 0.790. The zero-order valence-electron chi connectivity index (χ0n) is 12.5. The molecule has 0 aliphatic rings. The highest BCUT2D eigenvalue weighted by molar-refractivity contribution is 7.89. The molecule has 0 radical (unpaired) electrons. The lowest BCUT2D eigenvalue weighted by Crippen LogP contribution is -2.36. The average molecular weight is 336 g/mol. The van der Waals surface area contributed by atoms with Crippen LogP contribution in [0, 0.1) is 5.92 Å². The number of sulfonamides is 1. The number of nitrogens with zero attached hydrogens (tertiary/aromatic N) is 1. The van der Waals surface area contributed by atoms with Gasteiger partial charge in [-0.05, 0) is 23.6 Å². The fourth-order valence-electron chi connectivity index (χ4n) is 1.88. The number of benzene rings is 1. The third kappa shape index (κ3) is 4.93. The Morgan fingerprint density at radius 2 is 2.05 bits per heavy atom. The Balaban J connectivity index is 3.12. The third-order valence-electron chi connectivity index (χ3n) is 2.95. The van der Waals surface area contributed by atoms with Gasteiger partial charge in [-0.2, -0.15) is 4.31 Å². The SMILES string of the molecule is COCCN(CC(C)C)S(=O)(=O)c1ccc(CO)c(Cl)c1. The van der Waals surface area contributed by atoms with E-state index in [1.54, 1.807) is 0 Å². The van der Waals surface area contributed by atoms with E-state index in [0.717, 1.165) is 0 Å². The monoisotopic (exact) mass is 335 g/mol. The van der Waals surface area contributed by atoms with Crippen LogP contribution < -0.4 is 0 Å². The molecular weight excluding hydrogens is 314 g/mol. The molecule has 0 aliphatic carbocycles. The summed E-state index contributed by atoms with van der Waals surface area (Å²) in [6.45, 7) is 4.71. The van der Waals surface area contributed by atoms with E-state index in [1.807, 2.05) is 13.8 Å². The maximum atomic E-state index is 12.7. The van der Waals surface area contributed by atoms with E-state index >= 15 is 0 Å². The molecule has 1 aromatic carbocycles. The smallest absolute Gasteiger partial charge is 0.243 e. The number of halogens is 1. The summed E-state index contributed by atoms with van der Waals surface area (Å²) in [6.07, 6.45) is 0. The molecule has 0 saturated heterocycles. The van der Waals surface area contributed by atoms with E-state index in [-0.39, 0.29) is 29.0 Å². The lowest BCUT2D eigenvalue weighted by molar-refractivity contribution is 0.175. The molecule has 21 heavy (non-hydrogen) atoms. The van der Waals surface area contributed by atoms with Crippen LogP contribution >= 0.6 is 11.6 Å². The Bertz CT molecular complexity index is 560. The van der Waals surface area contributed by atoms with Crippen molar-refractivity contribution in [2.24, 2.45) is 5.92 Å². The van der Waals surface area contributed by atoms with E-state index < -0.39 is 10.0 Å². The van der Waals surface area contributed by atoms with E-state index in [4.69, 9.17) is 21.4 Å². The maximum absolute atomic E-state index is 12.7. The van der Waals surface area contributed by atoms with Gasteiger partial charge in [-0.25, -0.2) is 8.42 Å². The van der Waals surface area contributed by atoms with Crippen LogP contribution in [-0.2, 0) is 21.4 Å². The summed E-state index contributed by atoms with van der Waals surface area (Å²) in [5.74, 6) is 0.198. The molecule has 1 aromatic rings. The van der Waals surface area contributed by atoms with Gasteiger partial charge in [0, 0.05) is 25.2 Å². The first-order valence-corrected chi connectivity index (χ1v) is 8.53. The van der Waals surface area contributed by atoms with Gasteiger partial charge in [0.25, 0.3) is 0 Å². The zero-order valence-corrected chi connectivity index (χ0v) is 14.1. The van der Waals surface area contributed by atoms with E-state index in [1.165, 1.54) is 29.6 Å². The van der Waals surface area contributed by atoms with Crippen LogP contribution in [0.1, 0.15) is 19.4 Å². The van der Waals surface area contributed by atoms with Crippen molar-refractivity contribution in [2.75, 3.05) is 26.8 Å². The molecule has 120 valence electrons. The van der Waals surface area contributed by atoms with Crippen LogP contribution in [-0.4, -0.2) is 44.6 Å². The highest BCUT2D eigenvalue weighted by Gasteiger charge is 2.25. The number of hydrogen-bond acceptors (Lipinski definition) is 4. The zero-order chi connectivity index (χ0) is 16.0. The maximum Gasteiger partial charge on any atom is 0.243 e. The van der Waals surface area contributed by atoms with Crippen molar-refractivity contribution in [3.05, 3.63) is 28.8 Å². The number of aliphatic hydroxyl groups is 1. The number of hydrogen-bond donors (Lipinski definition) is 1. The summed E-state index contributed by atoms with van der Waals surface area (Å²) in [4.78, 5) is 0.126. The lowest BCUT2D eigenvalue weighted by atomic mass is 10.2. The van der Waals surface area contributed by atoms with Crippen molar-refractivity contribution in [3.63, 3.8) is 0 Å². The summed E-state index contributed by atoms with van der Waals surface area (Å²) < 4.78 is 31.7. The first kappa shape index (κ1) is 18.4. The second kappa shape index (κ2) is 8.10. The Hall–Kier alpha value is -0.660. The molecule has 0 unspecified atom stereocenters. The second-order valence-corrected chi connectivity index (χ2v) is 7.51. The average Bonchev–Trinajstić information content (AvgIpc) is 2.42. The molecule has 1 N–H and O–H groups in total. The van der Waals surface area contributed by atoms with E-state index in [2.05, 4.69) is 0 Å². The highest BCUT2D eigenvalue weighted by Crippen LogP contribution is 2.24. The van der Waals surface area contributed by atoms with Crippen molar-refractivity contribution in [1.29, 1.82) is 0 Å². The largest absolute Gasteiger partial charge is 0.392 e. The first-order chi connectivity index (χ1) is 9.82. The van der Waals surface area contributed by atoms with Crippen molar-refractivity contribution >= 4 is 21.6 Å². The van der Waals surface area contributed by atoms with Crippen LogP contribution in [0.15, 0.2) is 23.1 Å². The first-order valence-electron chi connectivity index (χ1n) is 6.71. The van der Waals surface area contributed by atoms with Crippen molar-refractivity contribution < 1.29 is 18.3 Å². The van der Waals surface area contributed by atoms with Crippen molar-refractivity contribution in [3.8, 4) is 0 Å². The number of aliphatic hydroxyl groups excluding tert-OH is 1. The standard InChI is InChI=1S/C14H22ClNO4S/c1-11(2)9-16(6-7-20-3)21(18,19)13-5-4-12(10-17)14(15)8-13/h4-5,8,11,17H,6-7,9-10H2,1-3H3. The molecular formula is C14H22ClNO4S. The van der Waals surface area contributed by atoms with Crippen molar-refractivity contribution in [1.82, 2.24) is 4.31 Å². The minimum absolute atomic E-state index is 0.126. The molecule has 5 nitrogen and oxygen atoms in total. The van der Waals surface area contributed by atoms with E-state index in [0.29, 0.717) is 18.7 Å². The minimum atomic E-state index is -3.63. The predicted molar refractivity (Wildman–Crippen MR) is 82.8 cm³/mol. The Kier molecular flexibility index (Phi) is 7.09. The van der Waals surface area contributed by atoms with Crippen molar-refractivity contribution in [2.45, 2.75) is 25.3 Å². The fourth-order valence-corrected chi connectivity index (χ4v) is 3.79. The summed E-state index contributed by atoms with van der Waals surface area (Å²) in [7, 11) is -2.09. The van der Waals surface area contributed by atoms with Gasteiger partial charge in [0.2, 0.25) is 10.0 Å². The van der Waals surface area contributed by atoms with Crippen LogP contribution in [0.3, 0.4) is 0 Å². The molecule has 0 aromatic heterocycles. The minimum Gasteiger partial charge on any atom is -0.392 e. The van der Waals surface area contributed by atoms with Crippen LogP contribution in [0.25, 0.3) is 0 Å². The summed E-state index contributed by atoms with van der Waals surface area (Å²) in [5, 5.41) is 9.34. The van der Waals surface area contributed by atoms with Gasteiger partial charge >= 0.3 is 0 Å². The number of methoxy groups -OCH3 is 1. The molecule has 0 aliphatic heterocycles. The molecule has 0 bridgehead atoms. The fraction of sp³-hybridized carbons (Fsp3) is 0.571. The van der Waals surface area contributed by atoms with Crippen LogP contribution in [0.4, 0.5) is 0 Å². The van der Waals surface area contributed by atoms with Gasteiger partial charge in [-0.3, -0.25) is 0 Å².